The van der Waals surface area contributed by atoms with Gasteiger partial charge in [-0.2, -0.15) is 0 Å². The largest absolute Gasteiger partial charge is 0.389 e. The van der Waals surface area contributed by atoms with E-state index in [-0.39, 0.29) is 9.33 Å². The average molecular weight is 531 g/mol. The Morgan fingerprint density at radius 2 is 1.03 bits per heavy atom. The van der Waals surface area contributed by atoms with Crippen LogP contribution in [0.25, 0.3) is 0 Å². The van der Waals surface area contributed by atoms with E-state index >= 15 is 0 Å². The van der Waals surface area contributed by atoms with Gasteiger partial charge in [0.15, 0.2) is 0 Å². The molecular weight excluding hydrogens is 497 g/mol. The smallest absolute Gasteiger partial charge is 0.0720 e. The Morgan fingerprint density at radius 1 is 0.611 bits per heavy atom. The number of hydrogen-bond donors (Lipinski definition) is 1. The Hall–Kier alpha value is -2.11. The maximum atomic E-state index is 11.4. The fourth-order valence-corrected chi connectivity index (χ4v) is 8.68. The minimum Gasteiger partial charge on any atom is -0.389 e. The highest BCUT2D eigenvalue weighted by molar-refractivity contribution is 8.18. The molecule has 0 saturated heterocycles. The Kier molecular flexibility index (Phi) is 9.66. The van der Waals surface area contributed by atoms with E-state index in [4.69, 9.17) is 0 Å². The van der Waals surface area contributed by atoms with E-state index in [0.29, 0.717) is 0 Å². The molecule has 1 nitrogen and oxygen atoms in total. The molecule has 4 aromatic rings. The van der Waals surface area contributed by atoms with E-state index in [2.05, 4.69) is 115 Å². The zero-order chi connectivity index (χ0) is 25.3. The van der Waals surface area contributed by atoms with Crippen molar-refractivity contribution in [2.45, 2.75) is 62.7 Å². The average Bonchev–Trinajstić information content (AvgIpc) is 2.89. The Labute approximate surface area is 229 Å². The van der Waals surface area contributed by atoms with Crippen LogP contribution in [0.15, 0.2) is 136 Å². The van der Waals surface area contributed by atoms with E-state index in [1.165, 1.54) is 20.2 Å². The van der Waals surface area contributed by atoms with Crippen LogP contribution < -0.4 is 0 Å². The molecule has 0 aliphatic heterocycles. The van der Waals surface area contributed by atoms with Crippen LogP contribution in [0.1, 0.15) is 32.3 Å². The molecule has 0 fully saturated rings. The summed E-state index contributed by atoms with van der Waals surface area (Å²) in [6.45, 7) is 3.91. The first-order valence-corrected chi connectivity index (χ1v) is 14.9. The molecule has 4 rings (SSSR count). The van der Waals surface area contributed by atoms with Crippen LogP contribution >= 0.6 is 35.3 Å². The lowest BCUT2D eigenvalue weighted by Crippen LogP contribution is -2.39. The summed E-state index contributed by atoms with van der Waals surface area (Å²) in [5.41, 5.74) is 0.507. The van der Waals surface area contributed by atoms with E-state index in [0.717, 1.165) is 19.3 Å². The normalized spacial score (nSPS) is 12.9. The molecule has 0 bridgehead atoms. The number of aliphatic hydroxyl groups is 1. The molecule has 36 heavy (non-hydrogen) atoms. The highest BCUT2D eigenvalue weighted by Gasteiger charge is 2.40. The van der Waals surface area contributed by atoms with Crippen LogP contribution in [0.3, 0.4) is 0 Å². The summed E-state index contributed by atoms with van der Waals surface area (Å²) in [5.74, 6) is 0. The summed E-state index contributed by atoms with van der Waals surface area (Å²) in [6.07, 6.45) is 2.81. The van der Waals surface area contributed by atoms with Gasteiger partial charge in [-0.05, 0) is 75.1 Å². The van der Waals surface area contributed by atoms with Crippen LogP contribution in [0.4, 0.5) is 0 Å². The summed E-state index contributed by atoms with van der Waals surface area (Å²) in [4.78, 5) is 3.71. The monoisotopic (exact) mass is 530 g/mol. The molecule has 0 unspecified atom stereocenters. The van der Waals surface area contributed by atoms with Crippen molar-refractivity contribution in [3.05, 3.63) is 127 Å². The molecule has 0 spiro atoms. The standard InChI is InChI=1S/C32H34OS3/c1-31(2,33)30(34-27-17-9-4-10-18-27)25-32(35-28-19-11-5-12-20-28,36-29-21-13-6-14-22-29)24-23-26-15-7-3-8-16-26/h3-22,30,33H,23-25H2,1-2H3/t30-/m0/s1. The first-order chi connectivity index (χ1) is 17.4. The van der Waals surface area contributed by atoms with Crippen molar-refractivity contribution >= 4 is 35.3 Å². The lowest BCUT2D eigenvalue weighted by atomic mass is 9.97. The maximum Gasteiger partial charge on any atom is 0.0720 e. The predicted molar refractivity (Wildman–Crippen MR) is 159 cm³/mol. The van der Waals surface area contributed by atoms with Crippen LogP contribution in [0.2, 0.25) is 0 Å². The Bertz CT molecular complexity index is 1120. The van der Waals surface area contributed by atoms with Crippen molar-refractivity contribution in [1.82, 2.24) is 0 Å². The van der Waals surface area contributed by atoms with Gasteiger partial charge in [-0.1, -0.05) is 84.9 Å². The fraction of sp³-hybridized carbons (Fsp3) is 0.250. The second kappa shape index (κ2) is 12.9. The zero-order valence-electron chi connectivity index (χ0n) is 20.9. The molecule has 4 heteroatoms. The van der Waals surface area contributed by atoms with Gasteiger partial charge in [0.2, 0.25) is 0 Å². The molecule has 186 valence electrons. The molecule has 1 N–H and O–H groups in total. The molecule has 1 atom stereocenters. The van der Waals surface area contributed by atoms with Crippen molar-refractivity contribution < 1.29 is 5.11 Å². The number of thioether (sulfide) groups is 3. The minimum atomic E-state index is -0.840. The number of hydrogen-bond acceptors (Lipinski definition) is 4. The quantitative estimate of drug-likeness (QED) is 0.145. The maximum absolute atomic E-state index is 11.4. The lowest BCUT2D eigenvalue weighted by Gasteiger charge is -2.40. The van der Waals surface area contributed by atoms with Crippen molar-refractivity contribution in [2.24, 2.45) is 0 Å². The lowest BCUT2D eigenvalue weighted by molar-refractivity contribution is 0.0742. The molecule has 4 aromatic carbocycles. The van der Waals surface area contributed by atoms with Crippen LogP contribution in [0, 0.1) is 0 Å². The molecule has 0 saturated carbocycles. The highest BCUT2D eigenvalue weighted by Crippen LogP contribution is 2.54. The van der Waals surface area contributed by atoms with Gasteiger partial charge in [-0.25, -0.2) is 0 Å². The van der Waals surface area contributed by atoms with Crippen molar-refractivity contribution in [3.8, 4) is 0 Å². The Morgan fingerprint density at radius 3 is 1.47 bits per heavy atom. The topological polar surface area (TPSA) is 20.2 Å². The van der Waals surface area contributed by atoms with Crippen LogP contribution in [-0.4, -0.2) is 20.0 Å². The van der Waals surface area contributed by atoms with E-state index in [9.17, 15) is 5.11 Å². The van der Waals surface area contributed by atoms with Gasteiger partial charge < -0.3 is 5.11 Å². The molecule has 0 radical (unpaired) electrons. The van der Waals surface area contributed by atoms with Crippen molar-refractivity contribution in [2.75, 3.05) is 0 Å². The molecule has 0 aliphatic carbocycles. The Balaban J connectivity index is 1.72. The zero-order valence-corrected chi connectivity index (χ0v) is 23.4. The van der Waals surface area contributed by atoms with Gasteiger partial charge in [-0.3, -0.25) is 0 Å². The van der Waals surface area contributed by atoms with Gasteiger partial charge in [0.1, 0.15) is 0 Å². The molecular formula is C32H34OS3. The first kappa shape index (κ1) is 26.9. The van der Waals surface area contributed by atoms with Gasteiger partial charge in [0.05, 0.1) is 9.68 Å². The highest BCUT2D eigenvalue weighted by atomic mass is 32.2. The SMILES string of the molecule is CC(C)(O)[C@H](CC(CCc1ccccc1)(Sc1ccccc1)Sc1ccccc1)Sc1ccccc1. The van der Waals surface area contributed by atoms with Gasteiger partial charge >= 0.3 is 0 Å². The van der Waals surface area contributed by atoms with Crippen molar-refractivity contribution in [3.63, 3.8) is 0 Å². The van der Waals surface area contributed by atoms with E-state index in [1.807, 2.05) is 43.4 Å². The molecule has 0 aliphatic rings. The first-order valence-electron chi connectivity index (χ1n) is 12.4. The number of aryl methyl sites for hydroxylation is 1. The second-order valence-electron chi connectivity index (χ2n) is 9.50. The number of rotatable bonds is 12. The fourth-order valence-electron chi connectivity index (χ4n) is 4.08. The molecule has 0 aromatic heterocycles. The minimum absolute atomic E-state index is 0.0168. The van der Waals surface area contributed by atoms with E-state index in [1.54, 1.807) is 11.8 Å². The summed E-state index contributed by atoms with van der Waals surface area (Å²) >= 11 is 5.68. The summed E-state index contributed by atoms with van der Waals surface area (Å²) in [7, 11) is 0. The van der Waals surface area contributed by atoms with Crippen LogP contribution in [-0.2, 0) is 6.42 Å². The third kappa shape index (κ3) is 8.21. The third-order valence-corrected chi connectivity index (χ3v) is 10.6. The molecule has 0 amide bonds. The predicted octanol–water partition coefficient (Wildman–Crippen LogP) is 9.22. The summed E-state index contributed by atoms with van der Waals surface area (Å²) < 4.78 is -0.176. The molecule has 0 heterocycles. The second-order valence-corrected chi connectivity index (χ2v) is 14.0. The van der Waals surface area contributed by atoms with Crippen LogP contribution in [0.5, 0.6) is 0 Å². The van der Waals surface area contributed by atoms with Gasteiger partial charge in [0, 0.05) is 19.9 Å². The van der Waals surface area contributed by atoms with E-state index < -0.39 is 5.60 Å². The van der Waals surface area contributed by atoms with Crippen molar-refractivity contribution in [1.29, 1.82) is 0 Å². The third-order valence-electron chi connectivity index (χ3n) is 6.04. The van der Waals surface area contributed by atoms with Gasteiger partial charge in [0.25, 0.3) is 0 Å². The van der Waals surface area contributed by atoms with Gasteiger partial charge in [-0.15, -0.1) is 35.3 Å². The number of benzene rings is 4. The summed E-state index contributed by atoms with van der Waals surface area (Å²) in [6, 6.07) is 42.7. The summed E-state index contributed by atoms with van der Waals surface area (Å²) in [5, 5.41) is 11.4.